The van der Waals surface area contributed by atoms with Gasteiger partial charge in [-0.25, -0.2) is 4.99 Å². The van der Waals surface area contributed by atoms with Crippen LogP contribution >= 0.6 is 0 Å². The minimum absolute atomic E-state index is 0.0876. The summed E-state index contributed by atoms with van der Waals surface area (Å²) < 4.78 is 0. The van der Waals surface area contributed by atoms with E-state index in [4.69, 9.17) is 0 Å². The smallest absolute Gasteiger partial charge is 0.244 e. The molecule has 2 N–H and O–H groups in total. The van der Waals surface area contributed by atoms with Crippen LogP contribution in [0.4, 0.5) is 0 Å². The minimum atomic E-state index is 0.0876. The summed E-state index contributed by atoms with van der Waals surface area (Å²) in [4.78, 5) is 33.0. The van der Waals surface area contributed by atoms with Gasteiger partial charge < -0.3 is 20.4 Å². The lowest BCUT2D eigenvalue weighted by atomic mass is 9.90. The Hall–Kier alpha value is -2.57. The van der Waals surface area contributed by atoms with Crippen molar-refractivity contribution in [3.8, 4) is 0 Å². The van der Waals surface area contributed by atoms with Gasteiger partial charge >= 0.3 is 0 Å². The van der Waals surface area contributed by atoms with Crippen LogP contribution in [0.1, 0.15) is 45.1 Å². The molecule has 0 saturated carbocycles. The van der Waals surface area contributed by atoms with Crippen LogP contribution in [0, 0.1) is 5.92 Å². The molecule has 2 saturated heterocycles. The fourth-order valence-corrected chi connectivity index (χ4v) is 4.42. The highest BCUT2D eigenvalue weighted by molar-refractivity contribution is 5.85. The van der Waals surface area contributed by atoms with Crippen molar-refractivity contribution >= 4 is 17.8 Å². The Morgan fingerprint density at radius 1 is 1.00 bits per heavy atom. The highest BCUT2D eigenvalue weighted by atomic mass is 16.2. The first-order valence-electron chi connectivity index (χ1n) is 11.7. The number of aliphatic imine (C=N–C) groups is 1. The number of benzene rings is 1. The Bertz CT molecular complexity index is 744. The molecule has 7 heteroatoms. The van der Waals surface area contributed by atoms with Crippen LogP contribution in [-0.4, -0.2) is 72.9 Å². The highest BCUT2D eigenvalue weighted by Crippen LogP contribution is 2.21. The number of carbonyl (C=O) groups excluding carboxylic acids is 2. The van der Waals surface area contributed by atoms with Crippen molar-refractivity contribution in [3.63, 3.8) is 0 Å². The zero-order chi connectivity index (χ0) is 22.1. The monoisotopic (exact) mass is 427 g/mol. The van der Waals surface area contributed by atoms with E-state index in [-0.39, 0.29) is 24.4 Å². The van der Waals surface area contributed by atoms with Gasteiger partial charge in [0, 0.05) is 45.2 Å². The molecular weight excluding hydrogens is 390 g/mol. The van der Waals surface area contributed by atoms with Crippen molar-refractivity contribution in [2.75, 3.05) is 39.3 Å². The van der Waals surface area contributed by atoms with Crippen LogP contribution < -0.4 is 10.6 Å². The first-order chi connectivity index (χ1) is 15.1. The molecule has 170 valence electrons. The van der Waals surface area contributed by atoms with Gasteiger partial charge in [0.1, 0.15) is 6.54 Å². The average molecular weight is 428 g/mol. The van der Waals surface area contributed by atoms with Crippen LogP contribution in [-0.2, 0) is 16.0 Å². The second-order valence-electron chi connectivity index (χ2n) is 8.53. The third kappa shape index (κ3) is 6.97. The zero-order valence-corrected chi connectivity index (χ0v) is 19.0. The van der Waals surface area contributed by atoms with E-state index in [2.05, 4.69) is 46.0 Å². The molecule has 31 heavy (non-hydrogen) atoms. The second-order valence-corrected chi connectivity index (χ2v) is 8.53. The fraction of sp³-hybridized carbons (Fsp3) is 0.625. The molecule has 0 aliphatic carbocycles. The number of amides is 2. The van der Waals surface area contributed by atoms with E-state index >= 15 is 0 Å². The minimum Gasteiger partial charge on any atom is -0.357 e. The lowest BCUT2D eigenvalue weighted by Crippen LogP contribution is -2.46. The molecule has 1 unspecified atom stereocenters. The van der Waals surface area contributed by atoms with E-state index in [1.54, 1.807) is 0 Å². The van der Waals surface area contributed by atoms with Crippen molar-refractivity contribution < 1.29 is 9.59 Å². The molecular formula is C24H37N5O2. The number of likely N-dealkylation sites (tertiary alicyclic amines) is 2. The zero-order valence-electron chi connectivity index (χ0n) is 19.0. The van der Waals surface area contributed by atoms with Crippen LogP contribution in [0.2, 0.25) is 0 Å². The molecule has 2 heterocycles. The van der Waals surface area contributed by atoms with E-state index in [1.165, 1.54) is 5.56 Å². The van der Waals surface area contributed by atoms with Gasteiger partial charge in [-0.3, -0.25) is 9.59 Å². The number of guanidine groups is 1. The number of nitrogens with one attached hydrogen (secondary N) is 2. The normalized spacial score (nSPS) is 20.1. The maximum Gasteiger partial charge on any atom is 0.244 e. The lowest BCUT2D eigenvalue weighted by molar-refractivity contribution is -0.131. The molecule has 1 atom stereocenters. The van der Waals surface area contributed by atoms with Gasteiger partial charge in [0.2, 0.25) is 11.8 Å². The quantitative estimate of drug-likeness (QED) is 0.516. The van der Waals surface area contributed by atoms with Gasteiger partial charge in [0.15, 0.2) is 5.96 Å². The average Bonchev–Trinajstić information content (AvgIpc) is 3.26. The van der Waals surface area contributed by atoms with E-state index in [0.717, 1.165) is 51.9 Å². The Balaban J connectivity index is 1.44. The summed E-state index contributed by atoms with van der Waals surface area (Å²) in [6.45, 7) is 7.89. The van der Waals surface area contributed by atoms with Gasteiger partial charge in [-0.2, -0.15) is 0 Å². The number of carbonyl (C=O) groups is 2. The Morgan fingerprint density at radius 3 is 2.39 bits per heavy atom. The van der Waals surface area contributed by atoms with Gasteiger partial charge in [-0.1, -0.05) is 37.3 Å². The van der Waals surface area contributed by atoms with Crippen molar-refractivity contribution in [2.45, 2.75) is 52.0 Å². The number of hydrogen-bond acceptors (Lipinski definition) is 3. The van der Waals surface area contributed by atoms with Gasteiger partial charge in [-0.15, -0.1) is 0 Å². The second kappa shape index (κ2) is 11.7. The Kier molecular flexibility index (Phi) is 8.74. The Morgan fingerprint density at radius 2 is 1.71 bits per heavy atom. The molecule has 2 aliphatic rings. The summed E-state index contributed by atoms with van der Waals surface area (Å²) in [5, 5.41) is 6.62. The molecule has 7 nitrogen and oxygen atoms in total. The molecule has 1 aromatic rings. The summed E-state index contributed by atoms with van der Waals surface area (Å²) in [5.41, 5.74) is 1.38. The molecule has 0 bridgehead atoms. The van der Waals surface area contributed by atoms with E-state index in [0.29, 0.717) is 24.8 Å². The molecule has 0 radical (unpaired) electrons. The summed E-state index contributed by atoms with van der Waals surface area (Å²) in [7, 11) is 0. The third-order valence-electron chi connectivity index (χ3n) is 6.24. The van der Waals surface area contributed by atoms with Crippen LogP contribution in [0.5, 0.6) is 0 Å². The standard InChI is InChI=1S/C24H37N5O2/c1-3-22(30)29-15-12-21(18-29)27-24(25-4-2)26-17-23(31)28-13-10-20(11-14-28)16-19-8-6-5-7-9-19/h5-9,20-21H,3-4,10-18H2,1-2H3,(H2,25,26,27). The summed E-state index contributed by atoms with van der Waals surface area (Å²) in [5.74, 6) is 1.58. The summed E-state index contributed by atoms with van der Waals surface area (Å²) in [6.07, 6.45) is 4.63. The van der Waals surface area contributed by atoms with Crippen molar-refractivity contribution in [1.29, 1.82) is 0 Å². The molecule has 2 fully saturated rings. The largest absolute Gasteiger partial charge is 0.357 e. The molecule has 0 aromatic heterocycles. The lowest BCUT2D eigenvalue weighted by Gasteiger charge is -2.32. The maximum atomic E-state index is 12.7. The summed E-state index contributed by atoms with van der Waals surface area (Å²) in [6, 6.07) is 10.8. The predicted octanol–water partition coefficient (Wildman–Crippen LogP) is 2.03. The number of hydrogen-bond donors (Lipinski definition) is 2. The molecule has 0 spiro atoms. The molecule has 3 rings (SSSR count). The van der Waals surface area contributed by atoms with Gasteiger partial charge in [0.05, 0.1) is 0 Å². The fourth-order valence-electron chi connectivity index (χ4n) is 4.42. The molecule has 2 amide bonds. The van der Waals surface area contributed by atoms with E-state index in [1.807, 2.05) is 23.6 Å². The van der Waals surface area contributed by atoms with Crippen LogP contribution in [0.3, 0.4) is 0 Å². The number of piperidine rings is 1. The van der Waals surface area contributed by atoms with Crippen LogP contribution in [0.15, 0.2) is 35.3 Å². The van der Waals surface area contributed by atoms with E-state index in [9.17, 15) is 9.59 Å². The Labute approximate surface area is 186 Å². The molecule has 1 aromatic carbocycles. The first-order valence-corrected chi connectivity index (χ1v) is 11.7. The van der Waals surface area contributed by atoms with Crippen LogP contribution in [0.25, 0.3) is 0 Å². The SMILES string of the molecule is CCNC(=NCC(=O)N1CCC(Cc2ccccc2)CC1)NC1CCN(C(=O)CC)C1. The topological polar surface area (TPSA) is 77.0 Å². The highest BCUT2D eigenvalue weighted by Gasteiger charge is 2.26. The number of rotatable bonds is 7. The van der Waals surface area contributed by atoms with E-state index < -0.39 is 0 Å². The van der Waals surface area contributed by atoms with Gasteiger partial charge in [0.25, 0.3) is 0 Å². The number of nitrogens with zero attached hydrogens (tertiary/aromatic N) is 3. The van der Waals surface area contributed by atoms with Crippen molar-refractivity contribution in [2.24, 2.45) is 10.9 Å². The van der Waals surface area contributed by atoms with Gasteiger partial charge in [-0.05, 0) is 44.1 Å². The maximum absolute atomic E-state index is 12.7. The third-order valence-corrected chi connectivity index (χ3v) is 6.24. The predicted molar refractivity (Wildman–Crippen MR) is 124 cm³/mol. The first kappa shape index (κ1) is 23.1. The molecule has 2 aliphatic heterocycles. The van der Waals surface area contributed by atoms with Crippen molar-refractivity contribution in [1.82, 2.24) is 20.4 Å². The summed E-state index contributed by atoms with van der Waals surface area (Å²) >= 11 is 0. The van der Waals surface area contributed by atoms with Crippen molar-refractivity contribution in [3.05, 3.63) is 35.9 Å².